The number of carboxylic acid groups (broad SMARTS) is 1. The number of hydrogen-bond acceptors (Lipinski definition) is 3. The number of aliphatic carboxylic acids is 1. The second-order valence-corrected chi connectivity index (χ2v) is 4.83. The van der Waals surface area contributed by atoms with Crippen molar-refractivity contribution in [1.29, 1.82) is 0 Å². The van der Waals surface area contributed by atoms with Gasteiger partial charge in [-0.15, -0.1) is 0 Å². The molecule has 6 nitrogen and oxygen atoms in total. The van der Waals surface area contributed by atoms with Crippen LogP contribution in [-0.2, 0) is 4.79 Å². The molecule has 2 rings (SSSR count). The number of rotatable bonds is 3. The standard InChI is InChI=1S/C13H16N2O4/c1-2-13(12(18)19)5-7-15(8-13)11(17)9-4-3-6-14-10(9)16/h3-4,6H,2,5,7-8H2,1H3,(H,14,16)(H,18,19). The molecule has 0 aromatic carbocycles. The van der Waals surface area contributed by atoms with Crippen molar-refractivity contribution in [2.24, 2.45) is 5.41 Å². The molecule has 102 valence electrons. The Hall–Kier alpha value is -2.11. The van der Waals surface area contributed by atoms with Gasteiger partial charge in [-0.3, -0.25) is 14.4 Å². The van der Waals surface area contributed by atoms with Crippen LogP contribution in [0.5, 0.6) is 0 Å². The molecule has 1 fully saturated rings. The highest BCUT2D eigenvalue weighted by molar-refractivity contribution is 5.94. The van der Waals surface area contributed by atoms with Crippen molar-refractivity contribution < 1.29 is 14.7 Å². The summed E-state index contributed by atoms with van der Waals surface area (Å²) in [5.74, 6) is -1.29. The van der Waals surface area contributed by atoms with E-state index in [0.717, 1.165) is 0 Å². The third kappa shape index (κ3) is 2.25. The zero-order chi connectivity index (χ0) is 14.0. The fourth-order valence-corrected chi connectivity index (χ4v) is 2.42. The molecule has 0 saturated carbocycles. The van der Waals surface area contributed by atoms with E-state index < -0.39 is 22.9 Å². The molecule has 1 saturated heterocycles. The van der Waals surface area contributed by atoms with Crippen molar-refractivity contribution in [2.45, 2.75) is 19.8 Å². The highest BCUT2D eigenvalue weighted by Crippen LogP contribution is 2.34. The molecule has 1 aromatic rings. The van der Waals surface area contributed by atoms with Crippen molar-refractivity contribution >= 4 is 11.9 Å². The first kappa shape index (κ1) is 13.3. The minimum absolute atomic E-state index is 0.0554. The molecule has 1 aliphatic heterocycles. The van der Waals surface area contributed by atoms with Crippen LogP contribution in [0, 0.1) is 5.41 Å². The van der Waals surface area contributed by atoms with Crippen LogP contribution >= 0.6 is 0 Å². The molecule has 1 amide bonds. The first-order valence-corrected chi connectivity index (χ1v) is 6.20. The molecular formula is C13H16N2O4. The molecule has 1 aliphatic rings. The number of carbonyl (C=O) groups is 2. The summed E-state index contributed by atoms with van der Waals surface area (Å²) < 4.78 is 0. The summed E-state index contributed by atoms with van der Waals surface area (Å²) in [4.78, 5) is 39.0. The zero-order valence-electron chi connectivity index (χ0n) is 10.7. The lowest BCUT2D eigenvalue weighted by molar-refractivity contribution is -0.148. The highest BCUT2D eigenvalue weighted by Gasteiger charge is 2.45. The molecule has 19 heavy (non-hydrogen) atoms. The fraction of sp³-hybridized carbons (Fsp3) is 0.462. The summed E-state index contributed by atoms with van der Waals surface area (Å²) in [5, 5.41) is 9.28. The molecular weight excluding hydrogens is 248 g/mol. The minimum Gasteiger partial charge on any atom is -0.481 e. The summed E-state index contributed by atoms with van der Waals surface area (Å²) in [6, 6.07) is 3.03. The van der Waals surface area contributed by atoms with Gasteiger partial charge in [0.05, 0.1) is 5.41 Å². The quantitative estimate of drug-likeness (QED) is 0.840. The summed E-state index contributed by atoms with van der Waals surface area (Å²) in [6.07, 6.45) is 2.35. The van der Waals surface area contributed by atoms with Crippen LogP contribution in [-0.4, -0.2) is 40.0 Å². The molecule has 1 atom stereocenters. The van der Waals surface area contributed by atoms with E-state index in [2.05, 4.69) is 4.98 Å². The number of carboxylic acids is 1. The van der Waals surface area contributed by atoms with E-state index in [1.165, 1.54) is 17.2 Å². The first-order valence-electron chi connectivity index (χ1n) is 6.20. The van der Waals surface area contributed by atoms with Gasteiger partial charge >= 0.3 is 5.97 Å². The van der Waals surface area contributed by atoms with Crippen LogP contribution in [0.4, 0.5) is 0 Å². The van der Waals surface area contributed by atoms with Gasteiger partial charge in [-0.05, 0) is 25.0 Å². The Morgan fingerprint density at radius 3 is 2.79 bits per heavy atom. The lowest BCUT2D eigenvalue weighted by atomic mass is 9.84. The number of nitrogens with one attached hydrogen (secondary N) is 1. The van der Waals surface area contributed by atoms with Gasteiger partial charge in [0.15, 0.2) is 0 Å². The van der Waals surface area contributed by atoms with Crippen LogP contribution in [0.25, 0.3) is 0 Å². The Kier molecular flexibility index (Phi) is 3.42. The molecule has 1 unspecified atom stereocenters. The minimum atomic E-state index is -0.882. The Labute approximate surface area is 110 Å². The van der Waals surface area contributed by atoms with E-state index in [-0.39, 0.29) is 12.1 Å². The molecule has 0 bridgehead atoms. The van der Waals surface area contributed by atoms with Crippen LogP contribution in [0.15, 0.2) is 23.1 Å². The lowest BCUT2D eigenvalue weighted by Crippen LogP contribution is -2.38. The number of pyridine rings is 1. The Balaban J connectivity index is 2.22. The largest absolute Gasteiger partial charge is 0.481 e. The monoisotopic (exact) mass is 264 g/mol. The smallest absolute Gasteiger partial charge is 0.311 e. The Bertz CT molecular complexity index is 566. The molecule has 0 radical (unpaired) electrons. The van der Waals surface area contributed by atoms with E-state index in [0.29, 0.717) is 19.4 Å². The van der Waals surface area contributed by atoms with Gasteiger partial charge in [-0.1, -0.05) is 6.92 Å². The van der Waals surface area contributed by atoms with Crippen molar-refractivity contribution in [1.82, 2.24) is 9.88 Å². The van der Waals surface area contributed by atoms with Gasteiger partial charge in [-0.25, -0.2) is 0 Å². The Morgan fingerprint density at radius 2 is 2.26 bits per heavy atom. The third-order valence-corrected chi connectivity index (χ3v) is 3.82. The lowest BCUT2D eigenvalue weighted by Gasteiger charge is -2.22. The third-order valence-electron chi connectivity index (χ3n) is 3.82. The predicted molar refractivity (Wildman–Crippen MR) is 67.9 cm³/mol. The van der Waals surface area contributed by atoms with E-state index in [9.17, 15) is 19.5 Å². The van der Waals surface area contributed by atoms with E-state index in [1.807, 2.05) is 0 Å². The van der Waals surface area contributed by atoms with Crippen molar-refractivity contribution in [3.63, 3.8) is 0 Å². The highest BCUT2D eigenvalue weighted by atomic mass is 16.4. The number of likely N-dealkylation sites (tertiary alicyclic amines) is 1. The van der Waals surface area contributed by atoms with Crippen LogP contribution < -0.4 is 5.56 Å². The maximum Gasteiger partial charge on any atom is 0.311 e. The van der Waals surface area contributed by atoms with E-state index >= 15 is 0 Å². The van der Waals surface area contributed by atoms with Crippen LogP contribution in [0.2, 0.25) is 0 Å². The average Bonchev–Trinajstić information content (AvgIpc) is 2.84. The summed E-state index contributed by atoms with van der Waals surface area (Å²) in [7, 11) is 0. The number of carbonyl (C=O) groups excluding carboxylic acids is 1. The van der Waals surface area contributed by atoms with Crippen LogP contribution in [0.3, 0.4) is 0 Å². The summed E-state index contributed by atoms with van der Waals surface area (Å²) >= 11 is 0. The molecule has 0 aliphatic carbocycles. The van der Waals surface area contributed by atoms with Crippen molar-refractivity contribution in [2.75, 3.05) is 13.1 Å². The molecule has 1 aromatic heterocycles. The average molecular weight is 264 g/mol. The molecule has 2 N–H and O–H groups in total. The second kappa shape index (κ2) is 4.87. The maximum atomic E-state index is 12.2. The van der Waals surface area contributed by atoms with Crippen LogP contribution in [0.1, 0.15) is 30.1 Å². The zero-order valence-corrected chi connectivity index (χ0v) is 10.7. The van der Waals surface area contributed by atoms with E-state index in [1.54, 1.807) is 13.0 Å². The van der Waals surface area contributed by atoms with Gasteiger partial charge in [0.1, 0.15) is 5.56 Å². The van der Waals surface area contributed by atoms with Gasteiger partial charge in [0, 0.05) is 19.3 Å². The number of hydrogen-bond donors (Lipinski definition) is 2. The van der Waals surface area contributed by atoms with Gasteiger partial charge in [0.25, 0.3) is 11.5 Å². The number of amides is 1. The van der Waals surface area contributed by atoms with Gasteiger partial charge < -0.3 is 15.0 Å². The van der Waals surface area contributed by atoms with Crippen molar-refractivity contribution in [3.05, 3.63) is 34.2 Å². The topological polar surface area (TPSA) is 90.5 Å². The fourth-order valence-electron chi connectivity index (χ4n) is 2.42. The van der Waals surface area contributed by atoms with Gasteiger partial charge in [0.2, 0.25) is 0 Å². The number of aromatic nitrogens is 1. The normalized spacial score (nSPS) is 22.5. The Morgan fingerprint density at radius 1 is 1.53 bits per heavy atom. The SMILES string of the molecule is CCC1(C(=O)O)CCN(C(=O)c2ccc[nH]c2=O)C1. The summed E-state index contributed by atoms with van der Waals surface area (Å²) in [6.45, 7) is 2.33. The molecule has 0 spiro atoms. The maximum absolute atomic E-state index is 12.2. The van der Waals surface area contributed by atoms with Crippen molar-refractivity contribution in [3.8, 4) is 0 Å². The molecule has 6 heteroatoms. The summed E-state index contributed by atoms with van der Waals surface area (Å²) in [5.41, 5.74) is -1.27. The number of H-pyrrole nitrogens is 1. The predicted octanol–water partition coefficient (Wildman–Crippen LogP) is 0.702. The second-order valence-electron chi connectivity index (χ2n) is 4.83. The van der Waals surface area contributed by atoms with Gasteiger partial charge in [-0.2, -0.15) is 0 Å². The van der Waals surface area contributed by atoms with E-state index in [4.69, 9.17) is 0 Å². The number of nitrogens with zero attached hydrogens (tertiary/aromatic N) is 1. The number of aromatic amines is 1. The molecule has 2 heterocycles. The first-order chi connectivity index (χ1) is 9.00.